The fourth-order valence-electron chi connectivity index (χ4n) is 2.59. The summed E-state index contributed by atoms with van der Waals surface area (Å²) in [7, 11) is 0. The summed E-state index contributed by atoms with van der Waals surface area (Å²) in [6.07, 6.45) is 2.42. The largest absolute Gasteiger partial charge is 0.365 e. The van der Waals surface area contributed by atoms with E-state index in [2.05, 4.69) is 33.2 Å². The third-order valence-electron chi connectivity index (χ3n) is 3.59. The van der Waals surface area contributed by atoms with Gasteiger partial charge in [0.15, 0.2) is 0 Å². The van der Waals surface area contributed by atoms with Crippen molar-refractivity contribution in [1.29, 1.82) is 0 Å². The molecule has 1 aliphatic heterocycles. The van der Waals surface area contributed by atoms with E-state index in [0.717, 1.165) is 29.1 Å². The van der Waals surface area contributed by atoms with Gasteiger partial charge in [-0.3, -0.25) is 0 Å². The molecule has 1 aliphatic rings. The first-order chi connectivity index (χ1) is 9.26. The SMILES string of the molecule is CCN1CCCC(Nc2nc(Cl)nc3sccc23)C1. The van der Waals surface area contributed by atoms with E-state index in [4.69, 9.17) is 11.6 Å². The zero-order valence-electron chi connectivity index (χ0n) is 10.9. The number of halogens is 1. The normalized spacial score (nSPS) is 20.8. The molecule has 0 saturated carbocycles. The summed E-state index contributed by atoms with van der Waals surface area (Å²) in [5.74, 6) is 0.874. The first kappa shape index (κ1) is 13.1. The molecule has 1 atom stereocenters. The zero-order chi connectivity index (χ0) is 13.2. The lowest BCUT2D eigenvalue weighted by Gasteiger charge is -2.32. The molecule has 3 rings (SSSR count). The van der Waals surface area contributed by atoms with Crippen molar-refractivity contribution in [2.75, 3.05) is 25.0 Å². The van der Waals surface area contributed by atoms with Crippen LogP contribution in [0.5, 0.6) is 0 Å². The quantitative estimate of drug-likeness (QED) is 0.883. The summed E-state index contributed by atoms with van der Waals surface area (Å²) in [6.45, 7) is 5.59. The van der Waals surface area contributed by atoms with Gasteiger partial charge in [0.05, 0.1) is 5.39 Å². The number of nitrogens with one attached hydrogen (secondary N) is 1. The number of thiophene rings is 1. The van der Waals surface area contributed by atoms with Crippen molar-refractivity contribution < 1.29 is 0 Å². The van der Waals surface area contributed by atoms with Gasteiger partial charge in [0.2, 0.25) is 5.28 Å². The molecule has 2 aromatic heterocycles. The predicted octanol–water partition coefficient (Wildman–Crippen LogP) is 3.24. The van der Waals surface area contributed by atoms with Crippen molar-refractivity contribution in [3.63, 3.8) is 0 Å². The smallest absolute Gasteiger partial charge is 0.225 e. The predicted molar refractivity (Wildman–Crippen MR) is 81.2 cm³/mol. The molecule has 1 saturated heterocycles. The molecule has 4 nitrogen and oxygen atoms in total. The van der Waals surface area contributed by atoms with Crippen LogP contribution < -0.4 is 5.32 Å². The number of likely N-dealkylation sites (N-methyl/N-ethyl adjacent to an activating group) is 1. The van der Waals surface area contributed by atoms with Crippen molar-refractivity contribution in [2.24, 2.45) is 0 Å². The number of nitrogens with zero attached hydrogens (tertiary/aromatic N) is 3. The molecular formula is C13H17ClN4S. The van der Waals surface area contributed by atoms with E-state index in [1.54, 1.807) is 11.3 Å². The first-order valence-electron chi connectivity index (χ1n) is 6.66. The van der Waals surface area contributed by atoms with E-state index >= 15 is 0 Å². The molecular weight excluding hydrogens is 280 g/mol. The lowest BCUT2D eigenvalue weighted by molar-refractivity contribution is 0.226. The van der Waals surface area contributed by atoms with Crippen LogP contribution in [0.2, 0.25) is 5.28 Å². The molecule has 102 valence electrons. The molecule has 19 heavy (non-hydrogen) atoms. The monoisotopic (exact) mass is 296 g/mol. The third kappa shape index (κ3) is 2.83. The second kappa shape index (κ2) is 5.61. The summed E-state index contributed by atoms with van der Waals surface area (Å²) in [5.41, 5.74) is 0. The van der Waals surface area contributed by atoms with Crippen LogP contribution in [0, 0.1) is 0 Å². The van der Waals surface area contributed by atoms with Gasteiger partial charge in [-0.25, -0.2) is 9.97 Å². The molecule has 0 aromatic carbocycles. The van der Waals surface area contributed by atoms with Crippen LogP contribution in [0.25, 0.3) is 10.2 Å². The molecule has 1 N–H and O–H groups in total. The Morgan fingerprint density at radius 1 is 1.53 bits per heavy atom. The van der Waals surface area contributed by atoms with Gasteiger partial charge >= 0.3 is 0 Å². The molecule has 1 unspecified atom stereocenters. The summed E-state index contributed by atoms with van der Waals surface area (Å²) < 4.78 is 0. The van der Waals surface area contributed by atoms with E-state index in [-0.39, 0.29) is 0 Å². The number of aromatic nitrogens is 2. The number of rotatable bonds is 3. The molecule has 1 fully saturated rings. The Labute approximate surface area is 121 Å². The van der Waals surface area contributed by atoms with E-state index in [9.17, 15) is 0 Å². The fraction of sp³-hybridized carbons (Fsp3) is 0.538. The highest BCUT2D eigenvalue weighted by Gasteiger charge is 2.20. The van der Waals surface area contributed by atoms with Crippen LogP contribution in [0.15, 0.2) is 11.4 Å². The minimum absolute atomic E-state index is 0.320. The number of fused-ring (bicyclic) bond motifs is 1. The van der Waals surface area contributed by atoms with Crippen LogP contribution in [0.3, 0.4) is 0 Å². The Morgan fingerprint density at radius 3 is 3.26 bits per heavy atom. The van der Waals surface area contributed by atoms with Gasteiger partial charge in [-0.2, -0.15) is 0 Å². The van der Waals surface area contributed by atoms with Gasteiger partial charge in [-0.05, 0) is 49.0 Å². The van der Waals surface area contributed by atoms with Crippen LogP contribution in [-0.2, 0) is 0 Å². The summed E-state index contributed by atoms with van der Waals surface area (Å²) in [6, 6.07) is 2.50. The van der Waals surface area contributed by atoms with Gasteiger partial charge < -0.3 is 10.2 Å². The van der Waals surface area contributed by atoms with Crippen molar-refractivity contribution >= 4 is 39.0 Å². The van der Waals surface area contributed by atoms with Crippen LogP contribution in [-0.4, -0.2) is 40.5 Å². The molecule has 0 spiro atoms. The Hall–Kier alpha value is -0.910. The van der Waals surface area contributed by atoms with Gasteiger partial charge in [0.1, 0.15) is 10.6 Å². The zero-order valence-corrected chi connectivity index (χ0v) is 12.5. The van der Waals surface area contributed by atoms with E-state index < -0.39 is 0 Å². The summed E-state index contributed by atoms with van der Waals surface area (Å²) in [5, 5.41) is 6.96. The number of piperidine rings is 1. The van der Waals surface area contributed by atoms with Crippen LogP contribution in [0.1, 0.15) is 19.8 Å². The topological polar surface area (TPSA) is 41.0 Å². The van der Waals surface area contributed by atoms with Gasteiger partial charge in [0.25, 0.3) is 0 Å². The molecule has 0 amide bonds. The second-order valence-electron chi connectivity index (χ2n) is 4.86. The Kier molecular flexibility index (Phi) is 3.86. The highest BCUT2D eigenvalue weighted by Crippen LogP contribution is 2.27. The van der Waals surface area contributed by atoms with Crippen molar-refractivity contribution in [3.8, 4) is 0 Å². The van der Waals surface area contributed by atoms with Crippen molar-refractivity contribution in [2.45, 2.75) is 25.8 Å². The summed E-state index contributed by atoms with van der Waals surface area (Å²) >= 11 is 7.59. The van der Waals surface area contributed by atoms with Gasteiger partial charge in [0, 0.05) is 12.6 Å². The second-order valence-corrected chi connectivity index (χ2v) is 6.09. The molecule has 0 radical (unpaired) electrons. The van der Waals surface area contributed by atoms with Crippen LogP contribution in [0.4, 0.5) is 5.82 Å². The summed E-state index contributed by atoms with van der Waals surface area (Å²) in [4.78, 5) is 12.0. The molecule has 0 aliphatic carbocycles. The Balaban J connectivity index is 1.82. The van der Waals surface area contributed by atoms with Gasteiger partial charge in [-0.15, -0.1) is 11.3 Å². The first-order valence-corrected chi connectivity index (χ1v) is 7.91. The number of hydrogen-bond acceptors (Lipinski definition) is 5. The standard InChI is InChI=1S/C13H17ClN4S/c1-2-18-6-3-4-9(8-18)15-11-10-5-7-19-12(10)17-13(14)16-11/h5,7,9H,2-4,6,8H2,1H3,(H,15,16,17). The van der Waals surface area contributed by atoms with E-state index in [1.807, 2.05) is 5.38 Å². The maximum absolute atomic E-state index is 5.99. The number of likely N-dealkylation sites (tertiary alicyclic amines) is 1. The average Bonchev–Trinajstić information content (AvgIpc) is 2.87. The average molecular weight is 297 g/mol. The number of anilines is 1. The van der Waals surface area contributed by atoms with Crippen molar-refractivity contribution in [3.05, 3.63) is 16.7 Å². The lowest BCUT2D eigenvalue weighted by atomic mass is 10.1. The van der Waals surface area contributed by atoms with E-state index in [1.165, 1.54) is 19.4 Å². The molecule has 6 heteroatoms. The maximum Gasteiger partial charge on any atom is 0.225 e. The lowest BCUT2D eigenvalue weighted by Crippen LogP contribution is -2.42. The van der Waals surface area contributed by atoms with Crippen molar-refractivity contribution in [1.82, 2.24) is 14.9 Å². The Bertz CT molecular complexity index is 571. The maximum atomic E-state index is 5.99. The Morgan fingerprint density at radius 2 is 2.42 bits per heavy atom. The highest BCUT2D eigenvalue weighted by molar-refractivity contribution is 7.16. The molecule has 2 aromatic rings. The fourth-order valence-corrected chi connectivity index (χ4v) is 3.58. The van der Waals surface area contributed by atoms with E-state index in [0.29, 0.717) is 11.3 Å². The van der Waals surface area contributed by atoms with Gasteiger partial charge in [-0.1, -0.05) is 6.92 Å². The third-order valence-corrected chi connectivity index (χ3v) is 4.57. The number of hydrogen-bond donors (Lipinski definition) is 1. The highest BCUT2D eigenvalue weighted by atomic mass is 35.5. The molecule has 0 bridgehead atoms. The minimum atomic E-state index is 0.320. The minimum Gasteiger partial charge on any atom is -0.365 e. The molecule has 3 heterocycles. The van der Waals surface area contributed by atoms with Crippen LogP contribution >= 0.6 is 22.9 Å².